The van der Waals surface area contributed by atoms with Gasteiger partial charge in [0.25, 0.3) is 0 Å². The largest absolute Gasteiger partial charge is 0.326 e. The van der Waals surface area contributed by atoms with E-state index in [1.54, 1.807) is 12.1 Å². The Hall–Kier alpha value is -1.42. The van der Waals surface area contributed by atoms with Gasteiger partial charge >= 0.3 is 0 Å². The first kappa shape index (κ1) is 15.6. The van der Waals surface area contributed by atoms with Crippen molar-refractivity contribution in [3.8, 4) is 0 Å². The molecule has 0 aromatic heterocycles. The Morgan fingerprint density at radius 3 is 2.42 bits per heavy atom. The maximum Gasteiger partial charge on any atom is 0.227 e. The van der Waals surface area contributed by atoms with Crippen LogP contribution in [0.2, 0.25) is 0 Å². The summed E-state index contributed by atoms with van der Waals surface area (Å²) < 4.78 is 13.8. The first-order chi connectivity index (χ1) is 9.12. The van der Waals surface area contributed by atoms with Gasteiger partial charge < -0.3 is 11.1 Å². The number of benzene rings is 1. The number of nitrogens with two attached hydrogens (primary N) is 1. The summed E-state index contributed by atoms with van der Waals surface area (Å²) in [5.41, 5.74) is 6.40. The van der Waals surface area contributed by atoms with Crippen LogP contribution < -0.4 is 11.1 Å². The topological polar surface area (TPSA) is 55.1 Å². The lowest BCUT2D eigenvalue weighted by Crippen LogP contribution is -2.23. The van der Waals surface area contributed by atoms with E-state index >= 15 is 0 Å². The van der Waals surface area contributed by atoms with E-state index < -0.39 is 5.82 Å². The molecule has 0 saturated heterocycles. The van der Waals surface area contributed by atoms with Gasteiger partial charge in [-0.25, -0.2) is 4.39 Å². The fourth-order valence-corrected chi connectivity index (χ4v) is 2.13. The van der Waals surface area contributed by atoms with Crippen LogP contribution in [-0.2, 0) is 11.3 Å². The molecule has 0 heterocycles. The lowest BCUT2D eigenvalue weighted by molar-refractivity contribution is -0.120. The summed E-state index contributed by atoms with van der Waals surface area (Å²) in [4.78, 5) is 12.1. The summed E-state index contributed by atoms with van der Waals surface area (Å²) in [5, 5.41) is 2.68. The molecule has 1 aromatic carbocycles. The Labute approximate surface area is 114 Å². The summed E-state index contributed by atoms with van der Waals surface area (Å²) in [6.07, 6.45) is 3.57. The molecule has 1 rings (SSSR count). The van der Waals surface area contributed by atoms with Crippen LogP contribution in [0.5, 0.6) is 0 Å². The molecule has 0 unspecified atom stereocenters. The summed E-state index contributed by atoms with van der Waals surface area (Å²) >= 11 is 0. The minimum atomic E-state index is -0.428. The van der Waals surface area contributed by atoms with Gasteiger partial charge in [0.15, 0.2) is 0 Å². The van der Waals surface area contributed by atoms with E-state index in [1.807, 2.05) is 13.8 Å². The normalized spacial score (nSPS) is 10.8. The van der Waals surface area contributed by atoms with Crippen LogP contribution in [0.3, 0.4) is 0 Å². The molecule has 0 spiro atoms. The zero-order chi connectivity index (χ0) is 14.3. The number of hydrogen-bond acceptors (Lipinski definition) is 2. The van der Waals surface area contributed by atoms with Gasteiger partial charge in [-0.2, -0.15) is 0 Å². The summed E-state index contributed by atoms with van der Waals surface area (Å²) in [6, 6.07) is 4.67. The van der Waals surface area contributed by atoms with Crippen LogP contribution >= 0.6 is 0 Å². The van der Waals surface area contributed by atoms with Gasteiger partial charge in [-0.05, 0) is 30.5 Å². The van der Waals surface area contributed by atoms with Gasteiger partial charge in [-0.1, -0.05) is 32.8 Å². The van der Waals surface area contributed by atoms with Crippen molar-refractivity contribution in [3.63, 3.8) is 0 Å². The van der Waals surface area contributed by atoms with Crippen LogP contribution in [0.15, 0.2) is 18.2 Å². The molecule has 0 aliphatic heterocycles. The van der Waals surface area contributed by atoms with E-state index in [0.717, 1.165) is 25.7 Å². The van der Waals surface area contributed by atoms with Crippen LogP contribution in [0.4, 0.5) is 10.1 Å². The molecule has 0 aliphatic rings. The highest BCUT2D eigenvalue weighted by atomic mass is 19.1. The molecule has 0 aliphatic carbocycles. The molecule has 3 nitrogen and oxygen atoms in total. The average molecular weight is 266 g/mol. The van der Waals surface area contributed by atoms with E-state index in [4.69, 9.17) is 5.73 Å². The molecule has 1 aromatic rings. The summed E-state index contributed by atoms with van der Waals surface area (Å²) in [7, 11) is 0. The molecule has 4 heteroatoms. The number of carbonyl (C=O) groups is 1. The Kier molecular flexibility index (Phi) is 6.50. The SMILES string of the molecule is CCCC(CCC)C(=O)Nc1ccc(CN)cc1F. The minimum Gasteiger partial charge on any atom is -0.326 e. The molecule has 1 amide bonds. The summed E-state index contributed by atoms with van der Waals surface area (Å²) in [6.45, 7) is 4.39. The molecule has 0 bridgehead atoms. The Morgan fingerprint density at radius 2 is 1.95 bits per heavy atom. The molecule has 0 radical (unpaired) electrons. The highest BCUT2D eigenvalue weighted by Crippen LogP contribution is 2.20. The molecule has 0 fully saturated rings. The van der Waals surface area contributed by atoms with Crippen molar-refractivity contribution in [2.75, 3.05) is 5.32 Å². The number of halogens is 1. The van der Waals surface area contributed by atoms with E-state index in [-0.39, 0.29) is 17.5 Å². The standard InChI is InChI=1S/C15H23FN2O/c1-3-5-12(6-4-2)15(19)18-14-8-7-11(10-17)9-13(14)16/h7-9,12H,3-6,10,17H2,1-2H3,(H,18,19). The highest BCUT2D eigenvalue weighted by Gasteiger charge is 2.17. The van der Waals surface area contributed by atoms with Crippen molar-refractivity contribution in [2.45, 2.75) is 46.1 Å². The van der Waals surface area contributed by atoms with Crippen molar-refractivity contribution in [1.29, 1.82) is 0 Å². The van der Waals surface area contributed by atoms with Gasteiger partial charge in [0.2, 0.25) is 5.91 Å². The number of nitrogens with one attached hydrogen (secondary N) is 1. The van der Waals surface area contributed by atoms with Gasteiger partial charge in [-0.15, -0.1) is 0 Å². The maximum absolute atomic E-state index is 13.8. The first-order valence-electron chi connectivity index (χ1n) is 6.91. The second-order valence-corrected chi connectivity index (χ2v) is 4.78. The van der Waals surface area contributed by atoms with Gasteiger partial charge in [0.1, 0.15) is 5.82 Å². The number of carbonyl (C=O) groups excluding carboxylic acids is 1. The van der Waals surface area contributed by atoms with E-state index in [1.165, 1.54) is 6.07 Å². The first-order valence-corrected chi connectivity index (χ1v) is 6.91. The van der Waals surface area contributed by atoms with Crippen molar-refractivity contribution in [2.24, 2.45) is 11.7 Å². The number of rotatable bonds is 7. The van der Waals surface area contributed by atoms with Crippen LogP contribution in [0.25, 0.3) is 0 Å². The Morgan fingerprint density at radius 1 is 1.32 bits per heavy atom. The van der Waals surface area contributed by atoms with Crippen LogP contribution in [-0.4, -0.2) is 5.91 Å². The Balaban J connectivity index is 2.74. The van der Waals surface area contributed by atoms with Crippen molar-refractivity contribution in [3.05, 3.63) is 29.6 Å². The fraction of sp³-hybridized carbons (Fsp3) is 0.533. The second kappa shape index (κ2) is 7.89. The zero-order valence-corrected chi connectivity index (χ0v) is 11.7. The molecular weight excluding hydrogens is 243 g/mol. The van der Waals surface area contributed by atoms with Crippen LogP contribution in [0, 0.1) is 11.7 Å². The Bertz CT molecular complexity index is 415. The molecule has 0 atom stereocenters. The molecule has 106 valence electrons. The predicted octanol–water partition coefficient (Wildman–Crippen LogP) is 3.44. The average Bonchev–Trinajstić information content (AvgIpc) is 2.40. The van der Waals surface area contributed by atoms with Gasteiger partial charge in [-0.3, -0.25) is 4.79 Å². The monoisotopic (exact) mass is 266 g/mol. The maximum atomic E-state index is 13.8. The smallest absolute Gasteiger partial charge is 0.227 e. The van der Waals surface area contributed by atoms with Crippen molar-refractivity contribution >= 4 is 11.6 Å². The molecule has 3 N–H and O–H groups in total. The number of hydrogen-bond donors (Lipinski definition) is 2. The lowest BCUT2D eigenvalue weighted by atomic mass is 9.97. The zero-order valence-electron chi connectivity index (χ0n) is 11.7. The van der Waals surface area contributed by atoms with E-state index in [2.05, 4.69) is 5.32 Å². The quantitative estimate of drug-likeness (QED) is 0.794. The fourth-order valence-electron chi connectivity index (χ4n) is 2.13. The molecular formula is C15H23FN2O. The van der Waals surface area contributed by atoms with Crippen molar-refractivity contribution < 1.29 is 9.18 Å². The van der Waals surface area contributed by atoms with E-state index in [9.17, 15) is 9.18 Å². The van der Waals surface area contributed by atoms with Gasteiger partial charge in [0, 0.05) is 12.5 Å². The number of amides is 1. The predicted molar refractivity (Wildman–Crippen MR) is 76.2 cm³/mol. The van der Waals surface area contributed by atoms with Crippen LogP contribution in [0.1, 0.15) is 45.1 Å². The second-order valence-electron chi connectivity index (χ2n) is 4.78. The number of anilines is 1. The van der Waals surface area contributed by atoms with Crippen molar-refractivity contribution in [1.82, 2.24) is 0 Å². The third-order valence-corrected chi connectivity index (χ3v) is 3.17. The highest BCUT2D eigenvalue weighted by molar-refractivity contribution is 5.92. The molecule has 0 saturated carbocycles. The van der Waals surface area contributed by atoms with Gasteiger partial charge in [0.05, 0.1) is 5.69 Å². The third-order valence-electron chi connectivity index (χ3n) is 3.17. The van der Waals surface area contributed by atoms with E-state index in [0.29, 0.717) is 12.1 Å². The lowest BCUT2D eigenvalue weighted by Gasteiger charge is -2.15. The third kappa shape index (κ3) is 4.63. The summed E-state index contributed by atoms with van der Waals surface area (Å²) in [5.74, 6) is -0.560. The minimum absolute atomic E-state index is 0.0383. The molecule has 19 heavy (non-hydrogen) atoms.